The van der Waals surface area contributed by atoms with Crippen LogP contribution < -0.4 is 5.32 Å². The van der Waals surface area contributed by atoms with Crippen molar-refractivity contribution in [3.8, 4) is 0 Å². The summed E-state index contributed by atoms with van der Waals surface area (Å²) in [6.45, 7) is 2.49. The van der Waals surface area contributed by atoms with E-state index in [2.05, 4.69) is 10.4 Å². The molecule has 31 heavy (non-hydrogen) atoms. The van der Waals surface area contributed by atoms with E-state index in [0.29, 0.717) is 34.1 Å². The third-order valence-electron chi connectivity index (χ3n) is 4.85. The van der Waals surface area contributed by atoms with Gasteiger partial charge in [-0.3, -0.25) is 14.3 Å². The zero-order valence-corrected chi connectivity index (χ0v) is 17.6. The maximum Gasteiger partial charge on any atom is 0.257 e. The molecule has 6 heteroatoms. The predicted molar refractivity (Wildman–Crippen MR) is 122 cm³/mol. The number of rotatable bonds is 6. The van der Waals surface area contributed by atoms with E-state index in [1.807, 2.05) is 43.3 Å². The third-order valence-corrected chi connectivity index (χ3v) is 5.08. The molecule has 1 amide bonds. The minimum atomic E-state index is -0.385. The van der Waals surface area contributed by atoms with Gasteiger partial charge >= 0.3 is 0 Å². The molecule has 0 aliphatic rings. The highest BCUT2D eigenvalue weighted by atomic mass is 35.5. The van der Waals surface area contributed by atoms with Gasteiger partial charge in [0.15, 0.2) is 11.6 Å². The van der Waals surface area contributed by atoms with Crippen LogP contribution in [0.1, 0.15) is 37.4 Å². The van der Waals surface area contributed by atoms with Gasteiger partial charge < -0.3 is 5.32 Å². The molecule has 5 nitrogen and oxygen atoms in total. The van der Waals surface area contributed by atoms with Gasteiger partial charge in [0.25, 0.3) is 5.91 Å². The van der Waals surface area contributed by atoms with Crippen molar-refractivity contribution in [2.24, 2.45) is 0 Å². The highest BCUT2D eigenvalue weighted by molar-refractivity contribution is 6.30. The Balaban J connectivity index is 1.51. The van der Waals surface area contributed by atoms with Crippen LogP contribution in [-0.4, -0.2) is 21.5 Å². The first-order valence-corrected chi connectivity index (χ1v) is 10.2. The Labute approximate surface area is 185 Å². The molecule has 0 radical (unpaired) electrons. The fraction of sp³-hybridized carbons (Fsp3) is 0.0800. The number of halogens is 1. The predicted octanol–water partition coefficient (Wildman–Crippen LogP) is 5.38. The summed E-state index contributed by atoms with van der Waals surface area (Å²) in [6.07, 6.45) is 1.78. The van der Waals surface area contributed by atoms with Gasteiger partial charge in [-0.1, -0.05) is 71.8 Å². The number of amides is 1. The summed E-state index contributed by atoms with van der Waals surface area (Å²) in [5.41, 5.74) is 3.26. The molecule has 0 bridgehead atoms. The Morgan fingerprint density at radius 2 is 1.68 bits per heavy atom. The smallest absolute Gasteiger partial charge is 0.257 e. The quantitative estimate of drug-likeness (QED) is 0.419. The second-order valence-electron chi connectivity index (χ2n) is 7.22. The number of hydrogen-bond acceptors (Lipinski definition) is 3. The lowest BCUT2D eigenvalue weighted by Crippen LogP contribution is -2.17. The molecule has 4 aromatic rings. The Kier molecular flexibility index (Phi) is 5.96. The number of anilines is 1. The number of aromatic nitrogens is 2. The van der Waals surface area contributed by atoms with Crippen molar-refractivity contribution in [2.45, 2.75) is 13.5 Å². The average Bonchev–Trinajstić information content (AvgIpc) is 3.20. The monoisotopic (exact) mass is 429 g/mol. The molecule has 0 saturated heterocycles. The van der Waals surface area contributed by atoms with Crippen LogP contribution in [0.2, 0.25) is 5.02 Å². The first-order chi connectivity index (χ1) is 15.0. The summed E-state index contributed by atoms with van der Waals surface area (Å²) in [4.78, 5) is 25.9. The van der Waals surface area contributed by atoms with Crippen LogP contribution in [0, 0.1) is 6.92 Å². The van der Waals surface area contributed by atoms with Crippen molar-refractivity contribution in [1.82, 2.24) is 9.78 Å². The van der Waals surface area contributed by atoms with E-state index in [1.54, 1.807) is 53.3 Å². The molecule has 0 spiro atoms. The standard InChI is InChI=1S/C25H20ClN3O2/c1-17-9-11-19(12-10-17)24(30)21-7-2-3-8-22(21)25(31)27-23-13-14-29(28-23)16-18-5-4-6-20(26)15-18/h2-15H,16H2,1H3,(H,27,28,31). The highest BCUT2D eigenvalue weighted by Crippen LogP contribution is 2.18. The lowest BCUT2D eigenvalue weighted by atomic mass is 9.97. The van der Waals surface area contributed by atoms with E-state index in [0.717, 1.165) is 11.1 Å². The number of benzene rings is 3. The molecule has 0 unspecified atom stereocenters. The Morgan fingerprint density at radius 3 is 2.42 bits per heavy atom. The van der Waals surface area contributed by atoms with Crippen LogP contribution in [-0.2, 0) is 6.54 Å². The van der Waals surface area contributed by atoms with E-state index in [9.17, 15) is 9.59 Å². The first kappa shape index (κ1) is 20.6. The van der Waals surface area contributed by atoms with Crippen molar-refractivity contribution in [2.75, 3.05) is 5.32 Å². The zero-order chi connectivity index (χ0) is 21.8. The van der Waals surface area contributed by atoms with Crippen molar-refractivity contribution in [1.29, 1.82) is 0 Å². The maximum absolute atomic E-state index is 13.0. The lowest BCUT2D eigenvalue weighted by molar-refractivity contribution is 0.0996. The van der Waals surface area contributed by atoms with Gasteiger partial charge in [-0.05, 0) is 30.7 Å². The molecule has 154 valence electrons. The van der Waals surface area contributed by atoms with E-state index >= 15 is 0 Å². The fourth-order valence-corrected chi connectivity index (χ4v) is 3.47. The van der Waals surface area contributed by atoms with Crippen LogP contribution in [0.25, 0.3) is 0 Å². The van der Waals surface area contributed by atoms with E-state index in [-0.39, 0.29) is 11.7 Å². The van der Waals surface area contributed by atoms with Crippen LogP contribution in [0.4, 0.5) is 5.82 Å². The van der Waals surface area contributed by atoms with Crippen LogP contribution >= 0.6 is 11.6 Å². The van der Waals surface area contributed by atoms with Gasteiger partial charge in [0.05, 0.1) is 12.1 Å². The first-order valence-electron chi connectivity index (χ1n) is 9.79. The molecule has 0 atom stereocenters. The second kappa shape index (κ2) is 8.98. The maximum atomic E-state index is 13.0. The molecule has 0 fully saturated rings. The summed E-state index contributed by atoms with van der Waals surface area (Å²) in [7, 11) is 0. The molecule has 0 saturated carbocycles. The molecular weight excluding hydrogens is 410 g/mol. The Bertz CT molecular complexity index is 1250. The molecule has 1 aromatic heterocycles. The summed E-state index contributed by atoms with van der Waals surface area (Å²) in [5, 5.41) is 7.84. The average molecular weight is 430 g/mol. The summed E-state index contributed by atoms with van der Waals surface area (Å²) in [5.74, 6) is -0.175. The van der Waals surface area contributed by atoms with Gasteiger partial charge in [0.1, 0.15) is 0 Å². The number of nitrogens with zero attached hydrogens (tertiary/aromatic N) is 2. The number of carbonyl (C=O) groups excluding carboxylic acids is 2. The molecule has 4 rings (SSSR count). The van der Waals surface area contributed by atoms with E-state index in [1.165, 1.54) is 0 Å². The SMILES string of the molecule is Cc1ccc(C(=O)c2ccccc2C(=O)Nc2ccn(Cc3cccc(Cl)c3)n2)cc1. The molecule has 0 aliphatic carbocycles. The number of nitrogens with one attached hydrogen (secondary N) is 1. The molecule has 0 aliphatic heterocycles. The summed E-state index contributed by atoms with van der Waals surface area (Å²) >= 11 is 6.03. The van der Waals surface area contributed by atoms with Crippen molar-refractivity contribution >= 4 is 29.1 Å². The van der Waals surface area contributed by atoms with Gasteiger partial charge in [-0.2, -0.15) is 5.10 Å². The van der Waals surface area contributed by atoms with Gasteiger partial charge in [-0.15, -0.1) is 0 Å². The molecular formula is C25H20ClN3O2. The number of ketones is 1. The fourth-order valence-electron chi connectivity index (χ4n) is 3.26. The van der Waals surface area contributed by atoms with Crippen molar-refractivity contribution in [3.05, 3.63) is 118 Å². The van der Waals surface area contributed by atoms with Crippen molar-refractivity contribution in [3.63, 3.8) is 0 Å². The van der Waals surface area contributed by atoms with Crippen LogP contribution in [0.5, 0.6) is 0 Å². The molecule has 3 aromatic carbocycles. The third kappa shape index (κ3) is 4.90. The summed E-state index contributed by atoms with van der Waals surface area (Å²) in [6, 6.07) is 23.3. The van der Waals surface area contributed by atoms with E-state index < -0.39 is 0 Å². The normalized spacial score (nSPS) is 10.6. The van der Waals surface area contributed by atoms with Gasteiger partial charge in [-0.25, -0.2) is 0 Å². The highest BCUT2D eigenvalue weighted by Gasteiger charge is 2.18. The number of aryl methyl sites for hydroxylation is 1. The Morgan fingerprint density at radius 1 is 0.935 bits per heavy atom. The topological polar surface area (TPSA) is 64.0 Å². The largest absolute Gasteiger partial charge is 0.305 e. The second-order valence-corrected chi connectivity index (χ2v) is 7.66. The number of carbonyl (C=O) groups is 2. The minimum absolute atomic E-state index is 0.197. The van der Waals surface area contributed by atoms with Gasteiger partial charge in [0.2, 0.25) is 0 Å². The molecule has 1 heterocycles. The Hall–Kier alpha value is -3.70. The lowest BCUT2D eigenvalue weighted by Gasteiger charge is -2.09. The minimum Gasteiger partial charge on any atom is -0.305 e. The number of hydrogen-bond donors (Lipinski definition) is 1. The van der Waals surface area contributed by atoms with E-state index in [4.69, 9.17) is 11.6 Å². The van der Waals surface area contributed by atoms with Gasteiger partial charge in [0, 0.05) is 28.4 Å². The van der Waals surface area contributed by atoms with Crippen LogP contribution in [0.3, 0.4) is 0 Å². The molecule has 1 N–H and O–H groups in total. The zero-order valence-electron chi connectivity index (χ0n) is 16.9. The van der Waals surface area contributed by atoms with Crippen molar-refractivity contribution < 1.29 is 9.59 Å². The van der Waals surface area contributed by atoms with Crippen LogP contribution in [0.15, 0.2) is 85.1 Å². The summed E-state index contributed by atoms with van der Waals surface area (Å²) < 4.78 is 1.71.